The highest BCUT2D eigenvalue weighted by atomic mass is 16.5. The predicted octanol–water partition coefficient (Wildman–Crippen LogP) is 0.780. The molecule has 5 nitrogen and oxygen atoms in total. The van der Waals surface area contributed by atoms with Gasteiger partial charge < -0.3 is 10.1 Å². The minimum absolute atomic E-state index is 0.0719. The minimum Gasteiger partial charge on any atom is -0.468 e. The van der Waals surface area contributed by atoms with E-state index in [0.29, 0.717) is 0 Å². The third kappa shape index (κ3) is 2.36. The molecule has 0 spiro atoms. The molecule has 1 amide bonds. The first-order valence-electron chi connectivity index (χ1n) is 5.96. The lowest BCUT2D eigenvalue weighted by molar-refractivity contribution is -0.156. The van der Waals surface area contributed by atoms with E-state index in [0.717, 1.165) is 12.7 Å². The van der Waals surface area contributed by atoms with Crippen LogP contribution in [0.15, 0.2) is 30.3 Å². The van der Waals surface area contributed by atoms with E-state index in [1.807, 2.05) is 30.3 Å². The van der Waals surface area contributed by atoms with Crippen LogP contribution in [0, 0.1) is 5.92 Å². The van der Waals surface area contributed by atoms with Crippen LogP contribution in [0.25, 0.3) is 0 Å². The van der Waals surface area contributed by atoms with E-state index < -0.39 is 29.1 Å². The van der Waals surface area contributed by atoms with Gasteiger partial charge in [0.2, 0.25) is 5.91 Å². The van der Waals surface area contributed by atoms with E-state index in [2.05, 4.69) is 10.1 Å². The van der Waals surface area contributed by atoms with Crippen LogP contribution in [0.5, 0.6) is 0 Å². The van der Waals surface area contributed by atoms with Crippen molar-refractivity contribution in [1.82, 2.24) is 5.32 Å². The van der Waals surface area contributed by atoms with Crippen molar-refractivity contribution in [3.8, 4) is 0 Å². The molecule has 0 aromatic heterocycles. The van der Waals surface area contributed by atoms with Crippen LogP contribution in [0.3, 0.4) is 0 Å². The summed E-state index contributed by atoms with van der Waals surface area (Å²) in [6, 6.07) is 9.21. The van der Waals surface area contributed by atoms with Crippen molar-refractivity contribution in [3.05, 3.63) is 35.9 Å². The van der Waals surface area contributed by atoms with Gasteiger partial charge in [0.05, 0.1) is 12.6 Å². The van der Waals surface area contributed by atoms with Gasteiger partial charge in [-0.1, -0.05) is 30.3 Å². The van der Waals surface area contributed by atoms with Crippen molar-refractivity contribution in [2.45, 2.75) is 18.9 Å². The summed E-state index contributed by atoms with van der Waals surface area (Å²) in [7, 11) is 1.16. The molecule has 1 N–H and O–H groups in total. The number of piperidine rings is 1. The molecule has 0 radical (unpaired) electrons. The number of carbonyl (C=O) groups excluding carboxylic acids is 3. The lowest BCUT2D eigenvalue weighted by Crippen LogP contribution is -2.56. The van der Waals surface area contributed by atoms with Crippen LogP contribution in [-0.2, 0) is 24.7 Å². The zero-order valence-electron chi connectivity index (χ0n) is 10.8. The van der Waals surface area contributed by atoms with Crippen molar-refractivity contribution < 1.29 is 19.1 Å². The number of Topliss-reactive ketones (excluding diaryl/α,β-unsaturated/α-hetero) is 1. The maximum Gasteiger partial charge on any atom is 0.325 e. The number of benzene rings is 1. The highest BCUT2D eigenvalue weighted by molar-refractivity contribution is 6.18. The fourth-order valence-electron chi connectivity index (χ4n) is 2.32. The van der Waals surface area contributed by atoms with Crippen molar-refractivity contribution in [1.29, 1.82) is 0 Å². The van der Waals surface area contributed by atoms with E-state index in [1.54, 1.807) is 6.92 Å². The van der Waals surface area contributed by atoms with Crippen LogP contribution in [0.2, 0.25) is 0 Å². The van der Waals surface area contributed by atoms with Crippen LogP contribution in [0.1, 0.15) is 18.9 Å². The Morgan fingerprint density at radius 3 is 2.47 bits per heavy atom. The summed E-state index contributed by atoms with van der Waals surface area (Å²) in [5, 5.41) is 2.74. The molecular weight excluding hydrogens is 246 g/mol. The Morgan fingerprint density at radius 2 is 1.95 bits per heavy atom. The normalized spacial score (nSPS) is 26.7. The molecule has 2 unspecified atom stereocenters. The molecule has 0 aliphatic carbocycles. The quantitative estimate of drug-likeness (QED) is 0.630. The fourth-order valence-corrected chi connectivity index (χ4v) is 2.32. The van der Waals surface area contributed by atoms with Gasteiger partial charge in [0.1, 0.15) is 0 Å². The SMILES string of the molecule is COC(=O)C1C(=O)CC(C)(c2ccccc2)NC1=O. The van der Waals surface area contributed by atoms with Gasteiger partial charge in [0, 0.05) is 6.42 Å². The highest BCUT2D eigenvalue weighted by Crippen LogP contribution is 2.30. The molecule has 2 rings (SSSR count). The number of ether oxygens (including phenoxy) is 1. The maximum absolute atomic E-state index is 12.0. The molecule has 5 heteroatoms. The van der Waals surface area contributed by atoms with Gasteiger partial charge in [0.25, 0.3) is 0 Å². The molecule has 100 valence electrons. The number of hydrogen-bond donors (Lipinski definition) is 1. The zero-order valence-corrected chi connectivity index (χ0v) is 10.8. The second-order valence-corrected chi connectivity index (χ2v) is 4.79. The van der Waals surface area contributed by atoms with Crippen LogP contribution in [-0.4, -0.2) is 24.8 Å². The topological polar surface area (TPSA) is 72.5 Å². The Kier molecular flexibility index (Phi) is 3.38. The second-order valence-electron chi connectivity index (χ2n) is 4.79. The van der Waals surface area contributed by atoms with Crippen LogP contribution in [0.4, 0.5) is 0 Å². The molecule has 2 atom stereocenters. The number of methoxy groups -OCH3 is 1. The Morgan fingerprint density at radius 1 is 1.32 bits per heavy atom. The van der Waals surface area contributed by atoms with Crippen LogP contribution < -0.4 is 5.32 Å². The standard InChI is InChI=1S/C14H15NO4/c1-14(9-6-4-3-5-7-9)8-10(16)11(12(17)15-14)13(18)19-2/h3-7,11H,8H2,1-2H3,(H,15,17). The van der Waals surface area contributed by atoms with E-state index in [-0.39, 0.29) is 6.42 Å². The molecule has 0 bridgehead atoms. The summed E-state index contributed by atoms with van der Waals surface area (Å²) in [4.78, 5) is 35.4. The average molecular weight is 261 g/mol. The van der Waals surface area contributed by atoms with Gasteiger partial charge in [-0.25, -0.2) is 0 Å². The molecular formula is C14H15NO4. The second kappa shape index (κ2) is 4.84. The number of ketones is 1. The highest BCUT2D eigenvalue weighted by Gasteiger charge is 2.46. The third-order valence-electron chi connectivity index (χ3n) is 3.36. The van der Waals surface area contributed by atoms with E-state index >= 15 is 0 Å². The Bertz CT molecular complexity index is 506. The molecule has 1 fully saturated rings. The molecule has 1 aliphatic rings. The van der Waals surface area contributed by atoms with Gasteiger partial charge in [-0.05, 0) is 12.5 Å². The first kappa shape index (κ1) is 13.3. The Hall–Kier alpha value is -2.17. The largest absolute Gasteiger partial charge is 0.468 e. The van der Waals surface area contributed by atoms with Gasteiger partial charge in [0.15, 0.2) is 11.7 Å². The van der Waals surface area contributed by atoms with Gasteiger partial charge >= 0.3 is 5.97 Å². The number of amides is 1. The molecule has 1 heterocycles. The molecule has 1 aliphatic heterocycles. The monoisotopic (exact) mass is 261 g/mol. The summed E-state index contributed by atoms with van der Waals surface area (Å²) in [6.07, 6.45) is 0.0719. The first-order chi connectivity index (χ1) is 8.98. The minimum atomic E-state index is -1.35. The molecule has 1 saturated heterocycles. The number of esters is 1. The molecule has 1 aromatic rings. The summed E-state index contributed by atoms with van der Waals surface area (Å²) in [5.74, 6) is -3.17. The van der Waals surface area contributed by atoms with E-state index in [1.165, 1.54) is 0 Å². The number of rotatable bonds is 2. The van der Waals surface area contributed by atoms with Gasteiger partial charge in [-0.15, -0.1) is 0 Å². The first-order valence-corrected chi connectivity index (χ1v) is 5.96. The van der Waals surface area contributed by atoms with E-state index in [9.17, 15) is 14.4 Å². The molecule has 19 heavy (non-hydrogen) atoms. The van der Waals surface area contributed by atoms with Gasteiger partial charge in [-0.3, -0.25) is 14.4 Å². The number of nitrogens with one attached hydrogen (secondary N) is 1. The number of carbonyl (C=O) groups is 3. The number of hydrogen-bond acceptors (Lipinski definition) is 4. The van der Waals surface area contributed by atoms with E-state index in [4.69, 9.17) is 0 Å². The Labute approximate surface area is 110 Å². The zero-order chi connectivity index (χ0) is 14.0. The summed E-state index contributed by atoms with van der Waals surface area (Å²) < 4.78 is 4.48. The Balaban J connectivity index is 2.29. The fraction of sp³-hybridized carbons (Fsp3) is 0.357. The lowest BCUT2D eigenvalue weighted by atomic mass is 9.79. The predicted molar refractivity (Wildman–Crippen MR) is 67.1 cm³/mol. The third-order valence-corrected chi connectivity index (χ3v) is 3.36. The van der Waals surface area contributed by atoms with Crippen molar-refractivity contribution >= 4 is 17.7 Å². The van der Waals surface area contributed by atoms with Gasteiger partial charge in [-0.2, -0.15) is 0 Å². The maximum atomic E-state index is 12.0. The van der Waals surface area contributed by atoms with Crippen molar-refractivity contribution in [3.63, 3.8) is 0 Å². The van der Waals surface area contributed by atoms with Crippen LogP contribution >= 0.6 is 0 Å². The summed E-state index contributed by atoms with van der Waals surface area (Å²) in [6.45, 7) is 1.77. The lowest BCUT2D eigenvalue weighted by Gasteiger charge is -2.36. The van der Waals surface area contributed by atoms with Crippen molar-refractivity contribution in [2.24, 2.45) is 5.92 Å². The summed E-state index contributed by atoms with van der Waals surface area (Å²) in [5.41, 5.74) is 0.0555. The van der Waals surface area contributed by atoms with Crippen molar-refractivity contribution in [2.75, 3.05) is 7.11 Å². The molecule has 1 aromatic carbocycles. The average Bonchev–Trinajstić information content (AvgIpc) is 2.38. The molecule has 0 saturated carbocycles. The summed E-state index contributed by atoms with van der Waals surface area (Å²) >= 11 is 0. The smallest absolute Gasteiger partial charge is 0.325 e.